The molecule has 0 saturated heterocycles. The van der Waals surface area contributed by atoms with Gasteiger partial charge in [-0.3, -0.25) is 4.79 Å². The SMILES string of the molecule is CC(C)C(NC(=O)c1ccccc1C(F)(F)F)C(N)=NO. The second-order valence-corrected chi connectivity index (χ2v) is 4.76. The molecule has 116 valence electrons. The number of amidine groups is 1. The van der Waals surface area contributed by atoms with Gasteiger partial charge in [0.2, 0.25) is 0 Å². The summed E-state index contributed by atoms with van der Waals surface area (Å²) in [5.41, 5.74) is 3.88. The number of nitrogens with one attached hydrogen (secondary N) is 1. The van der Waals surface area contributed by atoms with Gasteiger partial charge in [0.1, 0.15) is 0 Å². The Labute approximate surface area is 119 Å². The van der Waals surface area contributed by atoms with Gasteiger partial charge in [0, 0.05) is 0 Å². The Kier molecular flexibility index (Phi) is 5.17. The molecule has 0 fully saturated rings. The van der Waals surface area contributed by atoms with Crippen LogP contribution in [0.5, 0.6) is 0 Å². The molecule has 1 aromatic rings. The number of nitrogens with two attached hydrogens (primary N) is 1. The largest absolute Gasteiger partial charge is 0.417 e. The number of hydrogen-bond acceptors (Lipinski definition) is 3. The van der Waals surface area contributed by atoms with Crippen LogP contribution in [0.25, 0.3) is 0 Å². The molecule has 1 aromatic carbocycles. The van der Waals surface area contributed by atoms with Crippen molar-refractivity contribution in [3.8, 4) is 0 Å². The summed E-state index contributed by atoms with van der Waals surface area (Å²) in [7, 11) is 0. The van der Waals surface area contributed by atoms with E-state index in [1.807, 2.05) is 0 Å². The Morgan fingerprint density at radius 1 is 1.33 bits per heavy atom. The highest BCUT2D eigenvalue weighted by Gasteiger charge is 2.35. The Bertz CT molecular complexity index is 542. The maximum atomic E-state index is 12.9. The van der Waals surface area contributed by atoms with Crippen molar-refractivity contribution in [3.63, 3.8) is 0 Å². The molecule has 0 radical (unpaired) electrons. The standard InChI is InChI=1S/C13H16F3N3O2/c1-7(2)10(11(17)19-21)18-12(20)8-5-3-4-6-9(8)13(14,15)16/h3-7,10,21H,1-2H3,(H2,17,19)(H,18,20). The number of nitrogens with zero attached hydrogens (tertiary/aromatic N) is 1. The Morgan fingerprint density at radius 2 is 1.90 bits per heavy atom. The molecule has 1 amide bonds. The van der Waals surface area contributed by atoms with Gasteiger partial charge >= 0.3 is 6.18 Å². The molecule has 5 nitrogen and oxygen atoms in total. The van der Waals surface area contributed by atoms with E-state index in [4.69, 9.17) is 10.9 Å². The van der Waals surface area contributed by atoms with Gasteiger partial charge in [0.15, 0.2) is 5.84 Å². The van der Waals surface area contributed by atoms with Gasteiger partial charge in [0.05, 0.1) is 17.2 Å². The highest BCUT2D eigenvalue weighted by molar-refractivity contribution is 5.99. The lowest BCUT2D eigenvalue weighted by Crippen LogP contribution is -2.48. The van der Waals surface area contributed by atoms with E-state index in [0.717, 1.165) is 12.1 Å². The molecule has 0 heterocycles. The number of halogens is 3. The number of benzene rings is 1. The second-order valence-electron chi connectivity index (χ2n) is 4.76. The van der Waals surface area contributed by atoms with Gasteiger partial charge in [-0.2, -0.15) is 13.2 Å². The lowest BCUT2D eigenvalue weighted by molar-refractivity contribution is -0.137. The predicted molar refractivity (Wildman–Crippen MR) is 70.9 cm³/mol. The van der Waals surface area contributed by atoms with Crippen molar-refractivity contribution in [2.75, 3.05) is 0 Å². The van der Waals surface area contributed by atoms with Crippen LogP contribution in [-0.4, -0.2) is 23.0 Å². The third-order valence-corrected chi connectivity index (χ3v) is 2.86. The first-order valence-electron chi connectivity index (χ1n) is 6.13. The van der Waals surface area contributed by atoms with E-state index in [0.29, 0.717) is 0 Å². The van der Waals surface area contributed by atoms with E-state index in [9.17, 15) is 18.0 Å². The Balaban J connectivity index is 3.10. The van der Waals surface area contributed by atoms with Crippen molar-refractivity contribution >= 4 is 11.7 Å². The molecule has 0 bridgehead atoms. The number of oxime groups is 1. The van der Waals surface area contributed by atoms with Gasteiger partial charge in [0.25, 0.3) is 5.91 Å². The first kappa shape index (κ1) is 16.8. The number of rotatable bonds is 4. The molecule has 0 spiro atoms. The molecule has 0 aliphatic carbocycles. The molecule has 0 saturated carbocycles. The number of hydrogen-bond donors (Lipinski definition) is 3. The summed E-state index contributed by atoms with van der Waals surface area (Å²) in [6.07, 6.45) is -4.64. The monoisotopic (exact) mass is 303 g/mol. The normalized spacial score (nSPS) is 14.1. The molecule has 21 heavy (non-hydrogen) atoms. The third-order valence-electron chi connectivity index (χ3n) is 2.86. The zero-order valence-corrected chi connectivity index (χ0v) is 11.5. The minimum atomic E-state index is -4.64. The number of carbonyl (C=O) groups excluding carboxylic acids is 1. The molecule has 1 unspecified atom stereocenters. The van der Waals surface area contributed by atoms with Gasteiger partial charge in [-0.1, -0.05) is 31.1 Å². The highest BCUT2D eigenvalue weighted by Crippen LogP contribution is 2.31. The van der Waals surface area contributed by atoms with Crippen molar-refractivity contribution in [3.05, 3.63) is 35.4 Å². The van der Waals surface area contributed by atoms with E-state index in [1.54, 1.807) is 13.8 Å². The van der Waals surface area contributed by atoms with E-state index in [2.05, 4.69) is 10.5 Å². The molecule has 8 heteroatoms. The van der Waals surface area contributed by atoms with Crippen molar-refractivity contribution in [2.45, 2.75) is 26.1 Å². The third kappa shape index (κ3) is 4.11. The van der Waals surface area contributed by atoms with Gasteiger partial charge < -0.3 is 16.3 Å². The summed E-state index contributed by atoms with van der Waals surface area (Å²) in [4.78, 5) is 12.0. The summed E-state index contributed by atoms with van der Waals surface area (Å²) < 4.78 is 38.6. The molecule has 4 N–H and O–H groups in total. The maximum Gasteiger partial charge on any atom is 0.417 e. The molecular weight excluding hydrogens is 287 g/mol. The summed E-state index contributed by atoms with van der Waals surface area (Å²) >= 11 is 0. The van der Waals surface area contributed by atoms with Crippen LogP contribution in [-0.2, 0) is 6.18 Å². The fraction of sp³-hybridized carbons (Fsp3) is 0.385. The smallest absolute Gasteiger partial charge is 0.409 e. The number of carbonyl (C=O) groups is 1. The van der Waals surface area contributed by atoms with Gasteiger partial charge in [-0.05, 0) is 18.1 Å². The zero-order valence-electron chi connectivity index (χ0n) is 11.5. The number of amides is 1. The van der Waals surface area contributed by atoms with Gasteiger partial charge in [-0.15, -0.1) is 0 Å². The summed E-state index contributed by atoms with van der Waals surface area (Å²) in [5, 5.41) is 13.8. The predicted octanol–water partition coefficient (Wildman–Crippen LogP) is 2.21. The van der Waals surface area contributed by atoms with Crippen LogP contribution >= 0.6 is 0 Å². The zero-order chi connectivity index (χ0) is 16.2. The molecule has 0 aliphatic rings. The van der Waals surface area contributed by atoms with E-state index >= 15 is 0 Å². The van der Waals surface area contributed by atoms with Gasteiger partial charge in [-0.25, -0.2) is 0 Å². The second kappa shape index (κ2) is 6.47. The van der Waals surface area contributed by atoms with Crippen LogP contribution in [0.15, 0.2) is 29.4 Å². The van der Waals surface area contributed by atoms with Crippen LogP contribution < -0.4 is 11.1 Å². The molecular formula is C13H16F3N3O2. The number of alkyl halides is 3. The van der Waals surface area contributed by atoms with Crippen LogP contribution in [0.4, 0.5) is 13.2 Å². The fourth-order valence-corrected chi connectivity index (χ4v) is 1.79. The van der Waals surface area contributed by atoms with Crippen LogP contribution in [0.3, 0.4) is 0 Å². The van der Waals surface area contributed by atoms with Crippen molar-refractivity contribution in [2.24, 2.45) is 16.8 Å². The fourth-order valence-electron chi connectivity index (χ4n) is 1.79. The van der Waals surface area contributed by atoms with E-state index in [-0.39, 0.29) is 11.8 Å². The van der Waals surface area contributed by atoms with Crippen molar-refractivity contribution in [1.29, 1.82) is 0 Å². The molecule has 0 aliphatic heterocycles. The minimum Gasteiger partial charge on any atom is -0.409 e. The first-order chi connectivity index (χ1) is 9.68. The van der Waals surface area contributed by atoms with Crippen LogP contribution in [0.2, 0.25) is 0 Å². The molecule has 0 aromatic heterocycles. The first-order valence-corrected chi connectivity index (χ1v) is 6.13. The molecule has 1 atom stereocenters. The Morgan fingerprint density at radius 3 is 2.38 bits per heavy atom. The maximum absolute atomic E-state index is 12.9. The summed E-state index contributed by atoms with van der Waals surface area (Å²) in [5.74, 6) is -1.47. The quantitative estimate of drug-likeness (QED) is 0.345. The van der Waals surface area contributed by atoms with E-state index < -0.39 is 29.3 Å². The van der Waals surface area contributed by atoms with Crippen LogP contribution in [0, 0.1) is 5.92 Å². The van der Waals surface area contributed by atoms with Crippen LogP contribution in [0.1, 0.15) is 29.8 Å². The summed E-state index contributed by atoms with van der Waals surface area (Å²) in [6, 6.07) is 3.55. The lowest BCUT2D eigenvalue weighted by Gasteiger charge is -2.22. The molecule has 1 rings (SSSR count). The average Bonchev–Trinajstić information content (AvgIpc) is 2.42. The van der Waals surface area contributed by atoms with E-state index in [1.165, 1.54) is 12.1 Å². The van der Waals surface area contributed by atoms with Crippen molar-refractivity contribution < 1.29 is 23.2 Å². The lowest BCUT2D eigenvalue weighted by atomic mass is 10.0. The topological polar surface area (TPSA) is 87.7 Å². The average molecular weight is 303 g/mol. The minimum absolute atomic E-state index is 0.261. The summed E-state index contributed by atoms with van der Waals surface area (Å²) in [6.45, 7) is 3.36. The van der Waals surface area contributed by atoms with Crippen molar-refractivity contribution in [1.82, 2.24) is 5.32 Å². The highest BCUT2D eigenvalue weighted by atomic mass is 19.4. The Hall–Kier alpha value is -2.25.